The zero-order valence-electron chi connectivity index (χ0n) is 7.33. The molecule has 0 saturated heterocycles. The summed E-state index contributed by atoms with van der Waals surface area (Å²) in [5.74, 6) is 0.399. The fourth-order valence-corrected chi connectivity index (χ4v) is 0.948. The highest BCUT2D eigenvalue weighted by Crippen LogP contribution is 2.07. The van der Waals surface area contributed by atoms with E-state index in [0.717, 1.165) is 0 Å². The minimum atomic E-state index is -0.193. The monoisotopic (exact) mass is 178 g/mol. The zero-order chi connectivity index (χ0) is 9.68. The molecule has 0 atom stereocenters. The van der Waals surface area contributed by atoms with Crippen molar-refractivity contribution in [3.05, 3.63) is 23.7 Å². The van der Waals surface area contributed by atoms with E-state index in [2.05, 4.69) is 5.32 Å². The molecule has 13 heavy (non-hydrogen) atoms. The topological polar surface area (TPSA) is 66.0 Å². The van der Waals surface area contributed by atoms with E-state index in [0.29, 0.717) is 24.3 Å². The molecule has 1 heterocycles. The first-order valence-corrected chi connectivity index (χ1v) is 3.95. The maximum Gasteiger partial charge on any atom is 0.254 e. The van der Waals surface area contributed by atoms with Crippen molar-refractivity contribution in [2.75, 3.05) is 6.54 Å². The van der Waals surface area contributed by atoms with Crippen LogP contribution in [0.5, 0.6) is 0 Å². The Labute approximate surface area is 76.2 Å². The third kappa shape index (κ3) is 2.34. The quantitative estimate of drug-likeness (QED) is 0.708. The van der Waals surface area contributed by atoms with Crippen molar-refractivity contribution in [3.63, 3.8) is 0 Å². The van der Waals surface area contributed by atoms with Crippen LogP contribution in [0.25, 0.3) is 0 Å². The molecular weight excluding hydrogens is 168 g/mol. The minimum Gasteiger partial charge on any atom is -0.469 e. The molecule has 68 valence electrons. The lowest BCUT2D eigenvalue weighted by Crippen LogP contribution is -2.24. The predicted molar refractivity (Wildman–Crippen MR) is 46.0 cm³/mol. The van der Waals surface area contributed by atoms with Crippen LogP contribution in [-0.4, -0.2) is 12.5 Å². The first-order valence-electron chi connectivity index (χ1n) is 3.95. The average molecular weight is 178 g/mol. The highest BCUT2D eigenvalue weighted by atomic mass is 16.3. The molecule has 1 rings (SSSR count). The molecule has 0 fully saturated rings. The number of aryl methyl sites for hydroxylation is 1. The SMILES string of the molecule is Cc1occc1C(=O)NCCC#N. The lowest BCUT2D eigenvalue weighted by atomic mass is 10.2. The van der Waals surface area contributed by atoms with E-state index in [1.165, 1.54) is 6.26 Å². The maximum atomic E-state index is 11.3. The summed E-state index contributed by atoms with van der Waals surface area (Å²) in [7, 11) is 0. The van der Waals surface area contributed by atoms with Gasteiger partial charge in [0.2, 0.25) is 0 Å². The number of nitriles is 1. The van der Waals surface area contributed by atoms with Crippen LogP contribution in [0.3, 0.4) is 0 Å². The molecule has 4 nitrogen and oxygen atoms in total. The van der Waals surface area contributed by atoms with E-state index < -0.39 is 0 Å². The van der Waals surface area contributed by atoms with Gasteiger partial charge in [0.1, 0.15) is 5.76 Å². The van der Waals surface area contributed by atoms with Crippen LogP contribution in [0, 0.1) is 18.3 Å². The second-order valence-corrected chi connectivity index (χ2v) is 2.55. The van der Waals surface area contributed by atoms with Gasteiger partial charge in [0.15, 0.2) is 0 Å². The van der Waals surface area contributed by atoms with Crippen molar-refractivity contribution in [1.82, 2.24) is 5.32 Å². The largest absolute Gasteiger partial charge is 0.469 e. The Morgan fingerprint density at radius 3 is 3.08 bits per heavy atom. The Bertz CT molecular complexity index is 336. The summed E-state index contributed by atoms with van der Waals surface area (Å²) >= 11 is 0. The normalized spacial score (nSPS) is 9.23. The summed E-state index contributed by atoms with van der Waals surface area (Å²) < 4.78 is 4.97. The average Bonchev–Trinajstić information content (AvgIpc) is 2.52. The van der Waals surface area contributed by atoms with Crippen molar-refractivity contribution in [2.24, 2.45) is 0 Å². The Balaban J connectivity index is 2.50. The first kappa shape index (κ1) is 9.33. The molecule has 0 aliphatic heterocycles. The second-order valence-electron chi connectivity index (χ2n) is 2.55. The molecular formula is C9H10N2O2. The van der Waals surface area contributed by atoms with Gasteiger partial charge >= 0.3 is 0 Å². The fraction of sp³-hybridized carbons (Fsp3) is 0.333. The van der Waals surface area contributed by atoms with Gasteiger partial charge < -0.3 is 9.73 Å². The standard InChI is InChI=1S/C9H10N2O2/c1-7-8(3-6-13-7)9(12)11-5-2-4-10/h3,6H,2,5H2,1H3,(H,11,12). The Kier molecular flexibility index (Phi) is 3.09. The molecule has 0 bridgehead atoms. The number of furan rings is 1. The van der Waals surface area contributed by atoms with Gasteiger partial charge in [-0.05, 0) is 13.0 Å². The van der Waals surface area contributed by atoms with Crippen molar-refractivity contribution in [2.45, 2.75) is 13.3 Å². The van der Waals surface area contributed by atoms with E-state index in [1.54, 1.807) is 13.0 Å². The van der Waals surface area contributed by atoms with Crippen molar-refractivity contribution >= 4 is 5.91 Å². The summed E-state index contributed by atoms with van der Waals surface area (Å²) in [4.78, 5) is 11.3. The molecule has 0 spiro atoms. The molecule has 1 aromatic heterocycles. The number of nitrogens with zero attached hydrogens (tertiary/aromatic N) is 1. The van der Waals surface area contributed by atoms with Gasteiger partial charge in [0.25, 0.3) is 5.91 Å². The number of hydrogen-bond acceptors (Lipinski definition) is 3. The van der Waals surface area contributed by atoms with E-state index in [-0.39, 0.29) is 5.91 Å². The number of carbonyl (C=O) groups excluding carboxylic acids is 1. The number of nitrogens with one attached hydrogen (secondary N) is 1. The molecule has 0 radical (unpaired) electrons. The summed E-state index contributed by atoms with van der Waals surface area (Å²) in [6.07, 6.45) is 1.79. The number of hydrogen-bond donors (Lipinski definition) is 1. The summed E-state index contributed by atoms with van der Waals surface area (Å²) in [5.41, 5.74) is 0.526. The molecule has 0 aliphatic carbocycles. The molecule has 0 saturated carbocycles. The van der Waals surface area contributed by atoms with Gasteiger partial charge in [-0.25, -0.2) is 0 Å². The van der Waals surface area contributed by atoms with Crippen molar-refractivity contribution in [3.8, 4) is 6.07 Å². The smallest absolute Gasteiger partial charge is 0.254 e. The van der Waals surface area contributed by atoms with Crippen LogP contribution in [0.15, 0.2) is 16.7 Å². The Morgan fingerprint density at radius 2 is 2.54 bits per heavy atom. The minimum absolute atomic E-state index is 0.193. The molecule has 1 amide bonds. The van der Waals surface area contributed by atoms with Crippen molar-refractivity contribution in [1.29, 1.82) is 5.26 Å². The molecule has 0 unspecified atom stereocenters. The van der Waals surface area contributed by atoms with Crippen LogP contribution in [-0.2, 0) is 0 Å². The number of rotatable bonds is 3. The van der Waals surface area contributed by atoms with Crippen LogP contribution in [0.1, 0.15) is 22.5 Å². The lowest BCUT2D eigenvalue weighted by Gasteiger charge is -1.99. The predicted octanol–water partition coefficient (Wildman–Crippen LogP) is 1.23. The van der Waals surface area contributed by atoms with Gasteiger partial charge in [-0.15, -0.1) is 0 Å². The van der Waals surface area contributed by atoms with Crippen molar-refractivity contribution < 1.29 is 9.21 Å². The number of carbonyl (C=O) groups is 1. The highest BCUT2D eigenvalue weighted by molar-refractivity contribution is 5.94. The Morgan fingerprint density at radius 1 is 1.77 bits per heavy atom. The van der Waals surface area contributed by atoms with E-state index >= 15 is 0 Å². The van der Waals surface area contributed by atoms with Gasteiger partial charge in [-0.3, -0.25) is 4.79 Å². The zero-order valence-corrected chi connectivity index (χ0v) is 7.33. The van der Waals surface area contributed by atoms with Gasteiger partial charge in [-0.2, -0.15) is 5.26 Å². The second kappa shape index (κ2) is 4.31. The fourth-order valence-electron chi connectivity index (χ4n) is 0.948. The molecule has 4 heteroatoms. The van der Waals surface area contributed by atoms with Crippen LogP contribution < -0.4 is 5.32 Å². The third-order valence-corrected chi connectivity index (χ3v) is 1.63. The number of amides is 1. The third-order valence-electron chi connectivity index (χ3n) is 1.63. The lowest BCUT2D eigenvalue weighted by molar-refractivity contribution is 0.0953. The molecule has 0 aliphatic rings. The molecule has 1 aromatic rings. The highest BCUT2D eigenvalue weighted by Gasteiger charge is 2.09. The Hall–Kier alpha value is -1.76. The summed E-state index contributed by atoms with van der Waals surface area (Å²) in [6.45, 7) is 2.10. The molecule has 1 N–H and O–H groups in total. The summed E-state index contributed by atoms with van der Waals surface area (Å²) in [5, 5.41) is 10.8. The van der Waals surface area contributed by atoms with Gasteiger partial charge in [0, 0.05) is 6.54 Å². The first-order chi connectivity index (χ1) is 6.25. The summed E-state index contributed by atoms with van der Waals surface area (Å²) in [6, 6.07) is 3.55. The van der Waals surface area contributed by atoms with E-state index in [1.807, 2.05) is 6.07 Å². The van der Waals surface area contributed by atoms with Gasteiger partial charge in [0.05, 0.1) is 24.3 Å². The maximum absolute atomic E-state index is 11.3. The van der Waals surface area contributed by atoms with Crippen LogP contribution in [0.4, 0.5) is 0 Å². The van der Waals surface area contributed by atoms with E-state index in [9.17, 15) is 4.79 Å². The van der Waals surface area contributed by atoms with Crippen LogP contribution >= 0.6 is 0 Å². The van der Waals surface area contributed by atoms with E-state index in [4.69, 9.17) is 9.68 Å². The molecule has 0 aromatic carbocycles. The van der Waals surface area contributed by atoms with Crippen LogP contribution in [0.2, 0.25) is 0 Å². The van der Waals surface area contributed by atoms with Gasteiger partial charge in [-0.1, -0.05) is 0 Å².